The van der Waals surface area contributed by atoms with Crippen molar-refractivity contribution in [3.05, 3.63) is 0 Å². The molecular weight excluding hydrogens is 228 g/mol. The lowest BCUT2D eigenvalue weighted by molar-refractivity contribution is -0.135. The molecule has 1 heterocycles. The molecule has 0 aliphatic rings. The highest BCUT2D eigenvalue weighted by molar-refractivity contribution is 5.73. The van der Waals surface area contributed by atoms with Crippen LogP contribution in [-0.2, 0) is 4.79 Å². The molecule has 0 amide bonds. The van der Waals surface area contributed by atoms with Crippen molar-refractivity contribution in [2.24, 2.45) is 0 Å². The van der Waals surface area contributed by atoms with Gasteiger partial charge in [0.15, 0.2) is 0 Å². The normalized spacial score (nSPS) is 10.2. The van der Waals surface area contributed by atoms with Gasteiger partial charge in [0.05, 0.1) is 20.8 Å². The fourth-order valence-corrected chi connectivity index (χ4v) is 0.941. The van der Waals surface area contributed by atoms with Crippen molar-refractivity contribution in [2.45, 2.75) is 0 Å². The smallest absolute Gasteiger partial charge is 0.333 e. The van der Waals surface area contributed by atoms with Gasteiger partial charge in [-0.1, -0.05) is 0 Å². The van der Waals surface area contributed by atoms with Gasteiger partial charge in [-0.2, -0.15) is 0 Å². The van der Waals surface area contributed by atoms with E-state index in [1.807, 2.05) is 0 Å². The average Bonchev–Trinajstić information content (AvgIpc) is 2.27. The van der Waals surface area contributed by atoms with E-state index in [0.29, 0.717) is 0 Å². The first-order valence-electron chi connectivity index (χ1n) is 4.74. The van der Waals surface area contributed by atoms with Crippen LogP contribution in [0.1, 0.15) is 0 Å². The largest absolute Gasteiger partial charge is 0.467 e. The molecule has 0 atom stereocenters. The maximum atomic E-state index is 11.4. The van der Waals surface area contributed by atoms with Crippen LogP contribution in [0.4, 0.5) is 0 Å². The molecule has 0 aliphatic carbocycles. The number of hydrogen-bond donors (Lipinski definition) is 0. The van der Waals surface area contributed by atoms with Gasteiger partial charge in [0.2, 0.25) is 0 Å². The Labute approximate surface area is 98.5 Å². The quantitative estimate of drug-likeness (QED) is 0.630. The molecule has 8 heteroatoms. The van der Waals surface area contributed by atoms with Crippen molar-refractivity contribution in [3.63, 3.8) is 0 Å². The summed E-state index contributed by atoms with van der Waals surface area (Å²) in [4.78, 5) is 24.3. The van der Waals surface area contributed by atoms with Gasteiger partial charge in [0.1, 0.15) is 0 Å². The van der Waals surface area contributed by atoms with Crippen molar-refractivity contribution in [1.82, 2.24) is 19.9 Å². The maximum Gasteiger partial charge on any atom is 0.333 e. The molecule has 0 aliphatic heterocycles. The van der Waals surface area contributed by atoms with Crippen molar-refractivity contribution in [3.8, 4) is 18.0 Å². The van der Waals surface area contributed by atoms with E-state index in [1.165, 1.54) is 14.2 Å². The van der Waals surface area contributed by atoms with Gasteiger partial charge in [0.25, 0.3) is 0 Å². The molecule has 0 aromatic carbocycles. The fourth-order valence-electron chi connectivity index (χ4n) is 0.941. The highest BCUT2D eigenvalue weighted by Gasteiger charge is 2.12. The lowest BCUT2D eigenvalue weighted by atomic mass is 10.6. The molecule has 0 bridgehead atoms. The second-order valence-corrected chi connectivity index (χ2v) is 3.30. The van der Waals surface area contributed by atoms with Gasteiger partial charge >= 0.3 is 24.0 Å². The summed E-state index contributed by atoms with van der Waals surface area (Å²) in [5.41, 5.74) is 0. The van der Waals surface area contributed by atoms with Crippen molar-refractivity contribution >= 4 is 5.97 Å². The lowest BCUT2D eigenvalue weighted by Gasteiger charge is -2.08. The van der Waals surface area contributed by atoms with Crippen LogP contribution in [0.25, 0.3) is 0 Å². The van der Waals surface area contributed by atoms with Gasteiger partial charge in [-0.05, 0) is 14.1 Å². The zero-order valence-electron chi connectivity index (χ0n) is 10.1. The molecule has 0 fully saturated rings. The highest BCUT2D eigenvalue weighted by Crippen LogP contribution is 2.13. The summed E-state index contributed by atoms with van der Waals surface area (Å²) in [7, 11) is 6.27. The van der Waals surface area contributed by atoms with Crippen LogP contribution in [0.2, 0.25) is 0 Å². The number of carbonyl (C=O) groups is 1. The second kappa shape index (κ2) is 5.94. The second-order valence-electron chi connectivity index (χ2n) is 3.30. The minimum Gasteiger partial charge on any atom is -0.467 e. The van der Waals surface area contributed by atoms with Crippen LogP contribution in [0, 0.1) is 0 Å². The summed E-state index contributed by atoms with van der Waals surface area (Å²) >= 11 is 0. The molecule has 17 heavy (non-hydrogen) atoms. The molecular formula is C9H14N4O4. The number of hydrogen-bond acceptors (Lipinski definition) is 8. The van der Waals surface area contributed by atoms with E-state index in [4.69, 9.17) is 14.2 Å². The van der Waals surface area contributed by atoms with Crippen molar-refractivity contribution < 1.29 is 19.0 Å². The first-order chi connectivity index (χ1) is 8.05. The average molecular weight is 242 g/mol. The van der Waals surface area contributed by atoms with E-state index in [-0.39, 0.29) is 24.6 Å². The fraction of sp³-hybridized carbons (Fsp3) is 0.556. The molecule has 0 saturated carbocycles. The number of carbonyl (C=O) groups excluding carboxylic acids is 1. The Hall–Kier alpha value is -1.96. The SMILES string of the molecule is COc1nc(OC)nc(OC(=O)CN(C)C)n1. The molecule has 0 unspecified atom stereocenters. The van der Waals surface area contributed by atoms with Crippen molar-refractivity contribution in [1.29, 1.82) is 0 Å². The minimum atomic E-state index is -0.481. The van der Waals surface area contributed by atoms with Crippen molar-refractivity contribution in [2.75, 3.05) is 34.9 Å². The van der Waals surface area contributed by atoms with Crippen LogP contribution >= 0.6 is 0 Å². The number of likely N-dealkylation sites (N-methyl/N-ethyl adjacent to an activating group) is 1. The molecule has 0 spiro atoms. The van der Waals surface area contributed by atoms with Gasteiger partial charge in [0, 0.05) is 0 Å². The summed E-state index contributed by atoms with van der Waals surface area (Å²) in [6, 6.07) is -0.116. The Balaban J connectivity index is 2.79. The zero-order valence-corrected chi connectivity index (χ0v) is 10.1. The summed E-state index contributed by atoms with van der Waals surface area (Å²) in [6.45, 7) is 0.121. The standard InChI is InChI=1S/C9H14N4O4/c1-13(2)5-6(14)17-9-11-7(15-3)10-8(12-9)16-4/h5H2,1-4H3. The molecule has 8 nitrogen and oxygen atoms in total. The molecule has 94 valence electrons. The van der Waals surface area contributed by atoms with Crippen LogP contribution in [0.5, 0.6) is 18.0 Å². The van der Waals surface area contributed by atoms with E-state index in [9.17, 15) is 4.79 Å². The number of nitrogens with zero attached hydrogens (tertiary/aromatic N) is 4. The van der Waals surface area contributed by atoms with E-state index < -0.39 is 5.97 Å². The van der Waals surface area contributed by atoms with Crippen LogP contribution in [0.3, 0.4) is 0 Å². The number of esters is 1. The molecule has 0 radical (unpaired) electrons. The third kappa shape index (κ3) is 4.19. The topological polar surface area (TPSA) is 86.7 Å². The molecule has 1 aromatic rings. The number of methoxy groups -OCH3 is 2. The Bertz CT molecular complexity index is 374. The molecule has 1 aromatic heterocycles. The summed E-state index contributed by atoms with van der Waals surface area (Å²) in [5.74, 6) is -0.481. The lowest BCUT2D eigenvalue weighted by Crippen LogP contribution is -2.26. The van der Waals surface area contributed by atoms with Gasteiger partial charge < -0.3 is 14.2 Å². The first-order valence-corrected chi connectivity index (χ1v) is 4.74. The highest BCUT2D eigenvalue weighted by atomic mass is 16.6. The van der Waals surface area contributed by atoms with Crippen LogP contribution in [-0.4, -0.2) is 60.7 Å². The summed E-state index contributed by atoms with van der Waals surface area (Å²) in [5, 5.41) is 0. The molecule has 1 rings (SSSR count). The third-order valence-electron chi connectivity index (χ3n) is 1.59. The maximum absolute atomic E-state index is 11.4. The van der Waals surface area contributed by atoms with E-state index >= 15 is 0 Å². The van der Waals surface area contributed by atoms with Crippen LogP contribution in [0.15, 0.2) is 0 Å². The van der Waals surface area contributed by atoms with Gasteiger partial charge in [-0.25, -0.2) is 0 Å². The Kier molecular flexibility index (Phi) is 4.58. The first kappa shape index (κ1) is 13.1. The van der Waals surface area contributed by atoms with E-state index in [1.54, 1.807) is 19.0 Å². The Morgan fingerprint density at radius 1 is 1.06 bits per heavy atom. The monoisotopic (exact) mass is 242 g/mol. The summed E-state index contributed by atoms with van der Waals surface area (Å²) < 4.78 is 14.5. The van der Waals surface area contributed by atoms with Gasteiger partial charge in [-0.3, -0.25) is 9.69 Å². The predicted molar refractivity (Wildman–Crippen MR) is 57.1 cm³/mol. The number of ether oxygens (including phenoxy) is 3. The third-order valence-corrected chi connectivity index (χ3v) is 1.59. The van der Waals surface area contributed by atoms with Gasteiger partial charge in [-0.15, -0.1) is 15.0 Å². The zero-order chi connectivity index (χ0) is 12.8. The Morgan fingerprint density at radius 2 is 1.53 bits per heavy atom. The van der Waals surface area contributed by atoms with E-state index in [0.717, 1.165) is 0 Å². The number of aromatic nitrogens is 3. The molecule has 0 N–H and O–H groups in total. The number of rotatable bonds is 5. The summed E-state index contributed by atoms with van der Waals surface area (Å²) in [6.07, 6.45) is 0. The Morgan fingerprint density at radius 3 is 1.94 bits per heavy atom. The van der Waals surface area contributed by atoms with E-state index in [2.05, 4.69) is 15.0 Å². The van der Waals surface area contributed by atoms with Crippen LogP contribution < -0.4 is 14.2 Å². The molecule has 0 saturated heterocycles. The predicted octanol–water partition coefficient (Wildman–Crippen LogP) is -0.644. The minimum absolute atomic E-state index is 0.0181.